The summed E-state index contributed by atoms with van der Waals surface area (Å²) >= 11 is 1.47. The normalized spacial score (nSPS) is 17.4. The molecule has 2 aromatic rings. The van der Waals surface area contributed by atoms with Gasteiger partial charge in [0.1, 0.15) is 0 Å². The van der Waals surface area contributed by atoms with Crippen molar-refractivity contribution in [2.24, 2.45) is 0 Å². The molecule has 0 bridgehead atoms. The first kappa shape index (κ1) is 19.4. The minimum Gasteiger partial charge on any atom is -0.335 e. The lowest BCUT2D eigenvalue weighted by atomic mass is 10.0. The maximum absolute atomic E-state index is 13.0. The Kier molecular flexibility index (Phi) is 5.99. The summed E-state index contributed by atoms with van der Waals surface area (Å²) in [5, 5.41) is 12.9. The van der Waals surface area contributed by atoms with Gasteiger partial charge in [0.2, 0.25) is 11.1 Å². The zero-order valence-corrected chi connectivity index (χ0v) is 17.6. The van der Waals surface area contributed by atoms with Crippen LogP contribution in [0.2, 0.25) is 0 Å². The van der Waals surface area contributed by atoms with Gasteiger partial charge in [-0.25, -0.2) is 4.68 Å². The fraction of sp³-hybridized carbons (Fsp3) is 0.619. The molecule has 0 radical (unpaired) electrons. The van der Waals surface area contributed by atoms with Crippen molar-refractivity contribution in [2.75, 3.05) is 5.75 Å². The van der Waals surface area contributed by atoms with Crippen molar-refractivity contribution in [3.05, 3.63) is 35.4 Å². The van der Waals surface area contributed by atoms with Gasteiger partial charge in [0.05, 0.1) is 11.8 Å². The van der Waals surface area contributed by atoms with E-state index in [1.165, 1.54) is 35.7 Å². The van der Waals surface area contributed by atoms with E-state index in [4.69, 9.17) is 0 Å². The van der Waals surface area contributed by atoms with Gasteiger partial charge in [0, 0.05) is 12.6 Å². The summed E-state index contributed by atoms with van der Waals surface area (Å²) in [4.78, 5) is 15.0. The molecule has 4 rings (SSSR count). The second-order valence-electron chi connectivity index (χ2n) is 8.28. The number of aromatic nitrogens is 4. The van der Waals surface area contributed by atoms with Gasteiger partial charge < -0.3 is 4.90 Å². The number of thioether (sulfide) groups is 1. The van der Waals surface area contributed by atoms with Crippen LogP contribution in [0.4, 0.5) is 0 Å². The Morgan fingerprint density at radius 2 is 1.89 bits per heavy atom. The standard InChI is InChI=1S/C21H29N5OS/c1-15(2)17-9-7-16(8-10-17)13-25(18-11-12-18)20(27)14-28-21-22-23-24-26(21)19-5-3-4-6-19/h7-10,15,18-19H,3-6,11-14H2,1-2H3. The van der Waals surface area contributed by atoms with Crippen LogP contribution in [0.3, 0.4) is 0 Å². The van der Waals surface area contributed by atoms with Gasteiger partial charge in [-0.05, 0) is 53.2 Å². The third-order valence-corrected chi connectivity index (χ3v) is 6.68. The van der Waals surface area contributed by atoms with Gasteiger partial charge in [-0.3, -0.25) is 4.79 Å². The lowest BCUT2D eigenvalue weighted by Gasteiger charge is -2.23. The van der Waals surface area contributed by atoms with E-state index in [9.17, 15) is 4.79 Å². The fourth-order valence-electron chi connectivity index (χ4n) is 3.88. The molecule has 7 heteroatoms. The summed E-state index contributed by atoms with van der Waals surface area (Å²) in [5.41, 5.74) is 2.53. The Morgan fingerprint density at radius 1 is 1.18 bits per heavy atom. The molecule has 1 heterocycles. The van der Waals surface area contributed by atoms with E-state index in [0.29, 0.717) is 30.3 Å². The summed E-state index contributed by atoms with van der Waals surface area (Å²) in [6.07, 6.45) is 6.96. The SMILES string of the molecule is CC(C)c1ccc(CN(C(=O)CSc2nnnn2C2CCCC2)C2CC2)cc1. The van der Waals surface area contributed by atoms with E-state index in [1.807, 2.05) is 9.58 Å². The number of tetrazole rings is 1. The average molecular weight is 400 g/mol. The van der Waals surface area contributed by atoms with Crippen molar-refractivity contribution in [3.8, 4) is 0 Å². The van der Waals surface area contributed by atoms with Gasteiger partial charge in [-0.1, -0.05) is 62.7 Å². The first-order valence-electron chi connectivity index (χ1n) is 10.4. The zero-order chi connectivity index (χ0) is 19.5. The van der Waals surface area contributed by atoms with Crippen molar-refractivity contribution in [1.29, 1.82) is 0 Å². The summed E-state index contributed by atoms with van der Waals surface area (Å²) in [6.45, 7) is 5.09. The number of carbonyl (C=O) groups excluding carboxylic acids is 1. The van der Waals surface area contributed by atoms with Crippen LogP contribution >= 0.6 is 11.8 Å². The number of nitrogens with zero attached hydrogens (tertiary/aromatic N) is 5. The minimum absolute atomic E-state index is 0.182. The molecule has 0 N–H and O–H groups in total. The maximum Gasteiger partial charge on any atom is 0.233 e. The highest BCUT2D eigenvalue weighted by Gasteiger charge is 2.33. The van der Waals surface area contributed by atoms with Crippen LogP contribution in [0.25, 0.3) is 0 Å². The molecule has 2 aliphatic carbocycles. The topological polar surface area (TPSA) is 63.9 Å². The molecule has 2 aliphatic rings. The van der Waals surface area contributed by atoms with Crippen molar-refractivity contribution in [3.63, 3.8) is 0 Å². The number of hydrogen-bond acceptors (Lipinski definition) is 5. The highest BCUT2D eigenvalue weighted by molar-refractivity contribution is 7.99. The van der Waals surface area contributed by atoms with Crippen molar-refractivity contribution in [1.82, 2.24) is 25.1 Å². The summed E-state index contributed by atoms with van der Waals surface area (Å²) < 4.78 is 1.93. The number of amides is 1. The highest BCUT2D eigenvalue weighted by Crippen LogP contribution is 2.33. The van der Waals surface area contributed by atoms with Crippen molar-refractivity contribution >= 4 is 17.7 Å². The fourth-order valence-corrected chi connectivity index (χ4v) is 4.71. The minimum atomic E-state index is 0.182. The first-order chi connectivity index (χ1) is 13.6. The average Bonchev–Trinajstić information content (AvgIpc) is 3.18. The molecule has 0 aliphatic heterocycles. The largest absolute Gasteiger partial charge is 0.335 e. The Labute approximate surface area is 171 Å². The smallest absolute Gasteiger partial charge is 0.233 e. The van der Waals surface area contributed by atoms with Crippen molar-refractivity contribution in [2.45, 2.75) is 82.1 Å². The van der Waals surface area contributed by atoms with Gasteiger partial charge in [0.15, 0.2) is 0 Å². The third kappa shape index (κ3) is 4.57. The van der Waals surface area contributed by atoms with E-state index in [2.05, 4.69) is 53.6 Å². The predicted octanol–water partition coefficient (Wildman–Crippen LogP) is 4.19. The highest BCUT2D eigenvalue weighted by atomic mass is 32.2. The van der Waals surface area contributed by atoms with E-state index in [-0.39, 0.29) is 5.91 Å². The van der Waals surface area contributed by atoms with Crippen LogP contribution in [0, 0.1) is 0 Å². The number of carbonyl (C=O) groups is 1. The number of rotatable bonds is 8. The quantitative estimate of drug-likeness (QED) is 0.623. The van der Waals surface area contributed by atoms with E-state index >= 15 is 0 Å². The summed E-state index contributed by atoms with van der Waals surface area (Å²) in [7, 11) is 0. The molecule has 150 valence electrons. The maximum atomic E-state index is 13.0. The molecule has 0 spiro atoms. The van der Waals surface area contributed by atoms with Crippen LogP contribution < -0.4 is 0 Å². The second kappa shape index (κ2) is 8.64. The molecule has 2 saturated carbocycles. The van der Waals surface area contributed by atoms with Gasteiger partial charge in [0.25, 0.3) is 0 Å². The van der Waals surface area contributed by atoms with Gasteiger partial charge in [-0.2, -0.15) is 0 Å². The monoisotopic (exact) mass is 399 g/mol. The summed E-state index contributed by atoms with van der Waals surface area (Å²) in [6, 6.07) is 9.47. The van der Waals surface area contributed by atoms with Gasteiger partial charge in [-0.15, -0.1) is 5.10 Å². The number of hydrogen-bond donors (Lipinski definition) is 0. The van der Waals surface area contributed by atoms with E-state index < -0.39 is 0 Å². The van der Waals surface area contributed by atoms with Gasteiger partial charge >= 0.3 is 0 Å². The molecule has 28 heavy (non-hydrogen) atoms. The van der Waals surface area contributed by atoms with Crippen LogP contribution in [-0.4, -0.2) is 42.8 Å². The van der Waals surface area contributed by atoms with Crippen LogP contribution in [0.1, 0.15) is 75.5 Å². The lowest BCUT2D eigenvalue weighted by molar-refractivity contribution is -0.129. The molecular formula is C21H29N5OS. The second-order valence-corrected chi connectivity index (χ2v) is 9.22. The number of benzene rings is 1. The Hall–Kier alpha value is -1.89. The Bertz CT molecular complexity index is 793. The van der Waals surface area contributed by atoms with E-state index in [1.54, 1.807) is 0 Å². The molecular weight excluding hydrogens is 370 g/mol. The Morgan fingerprint density at radius 3 is 2.54 bits per heavy atom. The Balaban J connectivity index is 1.37. The van der Waals surface area contributed by atoms with Crippen molar-refractivity contribution < 1.29 is 4.79 Å². The van der Waals surface area contributed by atoms with Crippen LogP contribution in [0.15, 0.2) is 29.4 Å². The molecule has 0 unspecified atom stereocenters. The lowest BCUT2D eigenvalue weighted by Crippen LogP contribution is -2.34. The molecule has 0 saturated heterocycles. The first-order valence-corrected chi connectivity index (χ1v) is 11.4. The van der Waals surface area contributed by atoms with Crippen LogP contribution in [0.5, 0.6) is 0 Å². The molecule has 1 aromatic carbocycles. The molecule has 2 fully saturated rings. The zero-order valence-electron chi connectivity index (χ0n) is 16.8. The summed E-state index contributed by atoms with van der Waals surface area (Å²) in [5.74, 6) is 1.10. The molecule has 0 atom stereocenters. The third-order valence-electron chi connectivity index (χ3n) is 5.77. The van der Waals surface area contributed by atoms with Crippen LogP contribution in [-0.2, 0) is 11.3 Å². The van der Waals surface area contributed by atoms with E-state index in [0.717, 1.165) is 30.8 Å². The molecule has 1 aromatic heterocycles. The molecule has 1 amide bonds. The molecule has 6 nitrogen and oxygen atoms in total. The predicted molar refractivity (Wildman–Crippen MR) is 110 cm³/mol.